The molecule has 1 rings (SSSR count). The van der Waals surface area contributed by atoms with E-state index in [2.05, 4.69) is 28.2 Å². The van der Waals surface area contributed by atoms with E-state index in [1.807, 2.05) is 20.2 Å². The minimum atomic E-state index is 0.285. The van der Waals surface area contributed by atoms with Crippen molar-refractivity contribution < 1.29 is 9.47 Å². The van der Waals surface area contributed by atoms with Crippen LogP contribution in [0, 0.1) is 6.92 Å². The van der Waals surface area contributed by atoms with Gasteiger partial charge >= 0.3 is 0 Å². The number of hydrogen-bond donors (Lipinski definition) is 1. The summed E-state index contributed by atoms with van der Waals surface area (Å²) in [7, 11) is 5.41. The highest BCUT2D eigenvalue weighted by Gasteiger charge is 2.17. The number of pyridine rings is 1. The standard InChI is InChI=1S/C15H27N3O2/c1-12-8-15(14(9-16-3)10-17-12)18(6-7-19-4)13(2)11-20-5/h8,10,13,16H,6-7,9,11H2,1-5H3. The highest BCUT2D eigenvalue weighted by molar-refractivity contribution is 5.54. The summed E-state index contributed by atoms with van der Waals surface area (Å²) in [6.07, 6.45) is 1.94. The smallest absolute Gasteiger partial charge is 0.0663 e. The van der Waals surface area contributed by atoms with Crippen molar-refractivity contribution in [3.8, 4) is 0 Å². The Morgan fingerprint density at radius 3 is 2.70 bits per heavy atom. The van der Waals surface area contributed by atoms with Gasteiger partial charge in [-0.3, -0.25) is 4.98 Å². The van der Waals surface area contributed by atoms with Crippen molar-refractivity contribution in [2.45, 2.75) is 26.4 Å². The average molecular weight is 281 g/mol. The summed E-state index contributed by atoms with van der Waals surface area (Å²) in [6, 6.07) is 2.42. The van der Waals surface area contributed by atoms with Crippen molar-refractivity contribution in [1.29, 1.82) is 0 Å². The molecule has 0 aliphatic heterocycles. The molecule has 0 bridgehead atoms. The zero-order chi connectivity index (χ0) is 15.0. The Kier molecular flexibility index (Phi) is 7.51. The van der Waals surface area contributed by atoms with Gasteiger partial charge in [0.1, 0.15) is 0 Å². The van der Waals surface area contributed by atoms with Crippen molar-refractivity contribution in [3.05, 3.63) is 23.5 Å². The molecular formula is C15H27N3O2. The first-order chi connectivity index (χ1) is 9.63. The lowest BCUT2D eigenvalue weighted by Crippen LogP contribution is -2.39. The normalized spacial score (nSPS) is 12.4. The Labute approximate surface area is 122 Å². The molecule has 1 aromatic rings. The molecular weight excluding hydrogens is 254 g/mol. The second-order valence-corrected chi connectivity index (χ2v) is 4.98. The van der Waals surface area contributed by atoms with Crippen LogP contribution in [0.15, 0.2) is 12.3 Å². The van der Waals surface area contributed by atoms with E-state index in [1.54, 1.807) is 14.2 Å². The van der Waals surface area contributed by atoms with Crippen LogP contribution in [0.25, 0.3) is 0 Å². The Balaban J connectivity index is 3.06. The molecule has 0 aliphatic rings. The number of aryl methyl sites for hydroxylation is 1. The number of anilines is 1. The third-order valence-corrected chi connectivity index (χ3v) is 3.25. The van der Waals surface area contributed by atoms with E-state index in [1.165, 1.54) is 11.3 Å². The van der Waals surface area contributed by atoms with Gasteiger partial charge in [0.05, 0.1) is 13.2 Å². The Hall–Kier alpha value is -1.17. The molecule has 1 unspecified atom stereocenters. The van der Waals surface area contributed by atoms with Gasteiger partial charge < -0.3 is 19.7 Å². The van der Waals surface area contributed by atoms with E-state index in [0.29, 0.717) is 13.2 Å². The van der Waals surface area contributed by atoms with Gasteiger partial charge in [-0.05, 0) is 27.0 Å². The second-order valence-electron chi connectivity index (χ2n) is 4.98. The lowest BCUT2D eigenvalue weighted by molar-refractivity contribution is 0.171. The van der Waals surface area contributed by atoms with Gasteiger partial charge in [-0.2, -0.15) is 0 Å². The number of rotatable bonds is 9. The molecule has 0 aliphatic carbocycles. The zero-order valence-electron chi connectivity index (χ0n) is 13.3. The van der Waals surface area contributed by atoms with Gasteiger partial charge in [-0.15, -0.1) is 0 Å². The molecule has 1 heterocycles. The van der Waals surface area contributed by atoms with Gasteiger partial charge in [0.2, 0.25) is 0 Å². The molecule has 1 atom stereocenters. The summed E-state index contributed by atoms with van der Waals surface area (Å²) in [5, 5.41) is 3.20. The second kappa shape index (κ2) is 8.89. The molecule has 20 heavy (non-hydrogen) atoms. The Morgan fingerprint density at radius 1 is 1.35 bits per heavy atom. The minimum absolute atomic E-state index is 0.285. The van der Waals surface area contributed by atoms with Gasteiger partial charge in [0.15, 0.2) is 0 Å². The largest absolute Gasteiger partial charge is 0.383 e. The lowest BCUT2D eigenvalue weighted by atomic mass is 10.1. The Bertz CT molecular complexity index is 399. The predicted molar refractivity (Wildman–Crippen MR) is 82.3 cm³/mol. The maximum Gasteiger partial charge on any atom is 0.0663 e. The fourth-order valence-electron chi connectivity index (χ4n) is 2.27. The number of nitrogens with zero attached hydrogens (tertiary/aromatic N) is 2. The van der Waals surface area contributed by atoms with E-state index >= 15 is 0 Å². The molecule has 0 fully saturated rings. The van der Waals surface area contributed by atoms with E-state index in [9.17, 15) is 0 Å². The fourth-order valence-corrected chi connectivity index (χ4v) is 2.27. The van der Waals surface area contributed by atoms with Crippen LogP contribution < -0.4 is 10.2 Å². The van der Waals surface area contributed by atoms with E-state index in [0.717, 1.165) is 18.8 Å². The van der Waals surface area contributed by atoms with Gasteiger partial charge in [0.25, 0.3) is 0 Å². The van der Waals surface area contributed by atoms with Crippen molar-refractivity contribution in [2.75, 3.05) is 45.9 Å². The quantitative estimate of drug-likeness (QED) is 0.745. The minimum Gasteiger partial charge on any atom is -0.383 e. The van der Waals surface area contributed by atoms with Crippen molar-refractivity contribution >= 4 is 5.69 Å². The summed E-state index contributed by atoms with van der Waals surface area (Å²) >= 11 is 0. The fraction of sp³-hybridized carbons (Fsp3) is 0.667. The third-order valence-electron chi connectivity index (χ3n) is 3.25. The molecule has 1 aromatic heterocycles. The summed E-state index contributed by atoms with van der Waals surface area (Å²) in [4.78, 5) is 6.72. The molecule has 5 heteroatoms. The molecule has 0 radical (unpaired) electrons. The van der Waals surface area contributed by atoms with E-state index < -0.39 is 0 Å². The van der Waals surface area contributed by atoms with Crippen LogP contribution >= 0.6 is 0 Å². The number of aromatic nitrogens is 1. The highest BCUT2D eigenvalue weighted by atomic mass is 16.5. The monoisotopic (exact) mass is 281 g/mol. The molecule has 0 saturated carbocycles. The van der Waals surface area contributed by atoms with E-state index in [-0.39, 0.29) is 6.04 Å². The van der Waals surface area contributed by atoms with E-state index in [4.69, 9.17) is 9.47 Å². The van der Waals surface area contributed by atoms with Crippen molar-refractivity contribution in [3.63, 3.8) is 0 Å². The molecule has 0 spiro atoms. The average Bonchev–Trinajstić information content (AvgIpc) is 2.42. The molecule has 0 amide bonds. The summed E-state index contributed by atoms with van der Waals surface area (Å²) in [5.41, 5.74) is 3.41. The summed E-state index contributed by atoms with van der Waals surface area (Å²) in [5.74, 6) is 0. The van der Waals surface area contributed by atoms with Crippen LogP contribution in [-0.4, -0.2) is 52.1 Å². The molecule has 5 nitrogen and oxygen atoms in total. The third kappa shape index (κ3) is 4.74. The lowest BCUT2D eigenvalue weighted by Gasteiger charge is -2.32. The first-order valence-electron chi connectivity index (χ1n) is 6.98. The van der Waals surface area contributed by atoms with Gasteiger partial charge in [-0.1, -0.05) is 0 Å². The topological polar surface area (TPSA) is 46.6 Å². The van der Waals surface area contributed by atoms with Crippen molar-refractivity contribution in [1.82, 2.24) is 10.3 Å². The number of nitrogens with one attached hydrogen (secondary N) is 1. The number of methoxy groups -OCH3 is 2. The van der Waals surface area contributed by atoms with Crippen LogP contribution in [0.3, 0.4) is 0 Å². The molecule has 0 aromatic carbocycles. The van der Waals surface area contributed by atoms with Crippen LogP contribution in [0.1, 0.15) is 18.2 Å². The zero-order valence-corrected chi connectivity index (χ0v) is 13.3. The molecule has 1 N–H and O–H groups in total. The van der Waals surface area contributed by atoms with Gasteiger partial charge in [-0.25, -0.2) is 0 Å². The van der Waals surface area contributed by atoms with Crippen LogP contribution in [-0.2, 0) is 16.0 Å². The Morgan fingerprint density at radius 2 is 2.10 bits per heavy atom. The predicted octanol–water partition coefficient (Wildman–Crippen LogP) is 1.60. The molecule has 0 saturated heterocycles. The SMILES string of the molecule is CNCc1cnc(C)cc1N(CCOC)C(C)COC. The van der Waals surface area contributed by atoms with Gasteiger partial charge in [0, 0.05) is 56.5 Å². The molecule has 114 valence electrons. The van der Waals surface area contributed by atoms with Crippen molar-refractivity contribution in [2.24, 2.45) is 0 Å². The summed E-state index contributed by atoms with van der Waals surface area (Å²) < 4.78 is 10.5. The van der Waals surface area contributed by atoms with Crippen LogP contribution in [0.2, 0.25) is 0 Å². The number of ether oxygens (including phenoxy) is 2. The van der Waals surface area contributed by atoms with Crippen LogP contribution in [0.4, 0.5) is 5.69 Å². The first-order valence-corrected chi connectivity index (χ1v) is 6.98. The number of hydrogen-bond acceptors (Lipinski definition) is 5. The highest BCUT2D eigenvalue weighted by Crippen LogP contribution is 2.23. The first kappa shape index (κ1) is 16.9. The summed E-state index contributed by atoms with van der Waals surface area (Å²) in [6.45, 7) is 7.19. The maximum absolute atomic E-state index is 5.30. The maximum atomic E-state index is 5.30. The van der Waals surface area contributed by atoms with Crippen LogP contribution in [0.5, 0.6) is 0 Å².